The van der Waals surface area contributed by atoms with Crippen LogP contribution >= 0.6 is 23.1 Å². The average Bonchev–Trinajstić information content (AvgIpc) is 3.41. The minimum atomic E-state index is -0.140. The molecule has 116 valence electrons. The smallest absolute Gasteiger partial charge is 0.233 e. The van der Waals surface area contributed by atoms with Crippen molar-refractivity contribution in [3.05, 3.63) is 17.5 Å². The highest BCUT2D eigenvalue weighted by molar-refractivity contribution is 8.00. The largest absolute Gasteiger partial charge is 0.352 e. The van der Waals surface area contributed by atoms with Crippen LogP contribution in [0.15, 0.2) is 22.7 Å². The molecule has 0 saturated heterocycles. The van der Waals surface area contributed by atoms with Gasteiger partial charge in [0.2, 0.25) is 5.91 Å². The highest BCUT2D eigenvalue weighted by Gasteiger charge is 2.32. The van der Waals surface area contributed by atoms with E-state index in [0.29, 0.717) is 12.1 Å². The lowest BCUT2D eigenvalue weighted by molar-refractivity contribution is -0.120. The molecule has 2 heterocycles. The summed E-state index contributed by atoms with van der Waals surface area (Å²) in [5.74, 6) is 1.05. The van der Waals surface area contributed by atoms with Crippen molar-refractivity contribution in [3.63, 3.8) is 0 Å². The molecule has 22 heavy (non-hydrogen) atoms. The van der Waals surface area contributed by atoms with E-state index in [0.717, 1.165) is 28.7 Å². The Labute approximate surface area is 137 Å². The molecule has 0 unspecified atom stereocenters. The number of nitrogens with zero attached hydrogens (tertiary/aromatic N) is 3. The third-order valence-corrected chi connectivity index (χ3v) is 5.82. The van der Waals surface area contributed by atoms with Crippen LogP contribution < -0.4 is 5.32 Å². The number of carbonyl (C=O) groups is 1. The molecule has 2 aromatic heterocycles. The van der Waals surface area contributed by atoms with E-state index in [1.807, 2.05) is 13.0 Å². The summed E-state index contributed by atoms with van der Waals surface area (Å²) in [6, 6.07) is 5.00. The van der Waals surface area contributed by atoms with Gasteiger partial charge in [0.05, 0.1) is 10.1 Å². The third kappa shape index (κ3) is 2.92. The van der Waals surface area contributed by atoms with Crippen LogP contribution in [0.4, 0.5) is 0 Å². The number of thiophene rings is 1. The van der Waals surface area contributed by atoms with Gasteiger partial charge in [0.15, 0.2) is 11.0 Å². The van der Waals surface area contributed by atoms with Crippen molar-refractivity contribution in [2.24, 2.45) is 0 Å². The van der Waals surface area contributed by atoms with E-state index in [-0.39, 0.29) is 11.2 Å². The zero-order chi connectivity index (χ0) is 15.1. The Morgan fingerprint density at radius 1 is 1.41 bits per heavy atom. The fourth-order valence-electron chi connectivity index (χ4n) is 2.35. The van der Waals surface area contributed by atoms with Gasteiger partial charge in [-0.1, -0.05) is 17.8 Å². The second-order valence-electron chi connectivity index (χ2n) is 5.93. The molecule has 1 amide bonds. The fourth-order valence-corrected chi connectivity index (χ4v) is 3.98. The monoisotopic (exact) mass is 334 g/mol. The maximum Gasteiger partial charge on any atom is 0.233 e. The van der Waals surface area contributed by atoms with Crippen molar-refractivity contribution in [2.45, 2.75) is 55.1 Å². The van der Waals surface area contributed by atoms with Crippen LogP contribution in [0.5, 0.6) is 0 Å². The first-order chi connectivity index (χ1) is 10.7. The Morgan fingerprint density at radius 3 is 2.86 bits per heavy atom. The summed E-state index contributed by atoms with van der Waals surface area (Å²) >= 11 is 3.20. The Hall–Kier alpha value is -1.34. The average molecular weight is 334 g/mol. The normalized spacial score (nSPS) is 19.1. The maximum absolute atomic E-state index is 12.1. The number of nitrogens with one attached hydrogen (secondary N) is 1. The first-order valence-corrected chi connectivity index (χ1v) is 9.44. The molecule has 0 aromatic carbocycles. The molecule has 2 aliphatic rings. The molecule has 2 fully saturated rings. The van der Waals surface area contributed by atoms with E-state index < -0.39 is 0 Å². The van der Waals surface area contributed by atoms with E-state index in [2.05, 4.69) is 31.5 Å². The minimum Gasteiger partial charge on any atom is -0.352 e. The van der Waals surface area contributed by atoms with E-state index in [4.69, 9.17) is 0 Å². The lowest BCUT2D eigenvalue weighted by Crippen LogP contribution is -2.32. The Morgan fingerprint density at radius 2 is 2.23 bits per heavy atom. The maximum atomic E-state index is 12.1. The zero-order valence-corrected chi connectivity index (χ0v) is 14.0. The summed E-state index contributed by atoms with van der Waals surface area (Å²) in [5, 5.41) is 14.6. The standard InChI is InChI=1S/C15H18N4OS2/c1-9(14(20)16-10-4-5-10)22-15-18-17-13(12-3-2-8-21-12)19(15)11-6-7-11/h2-3,8-11H,4-7H2,1H3,(H,16,20)/t9-/m0/s1. The summed E-state index contributed by atoms with van der Waals surface area (Å²) < 4.78 is 2.22. The molecule has 2 saturated carbocycles. The van der Waals surface area contributed by atoms with Crippen LogP contribution in [-0.4, -0.2) is 32.0 Å². The predicted octanol–water partition coefficient (Wildman–Crippen LogP) is 3.10. The molecule has 2 aliphatic carbocycles. The third-order valence-electron chi connectivity index (χ3n) is 3.89. The second kappa shape index (κ2) is 5.70. The molecule has 1 atom stereocenters. The number of hydrogen-bond acceptors (Lipinski definition) is 5. The number of thioether (sulfide) groups is 1. The summed E-state index contributed by atoms with van der Waals surface area (Å²) in [5.41, 5.74) is 0. The van der Waals surface area contributed by atoms with Gasteiger partial charge in [-0.05, 0) is 44.1 Å². The van der Waals surface area contributed by atoms with Gasteiger partial charge < -0.3 is 5.32 Å². The number of carbonyl (C=O) groups excluding carboxylic acids is 1. The van der Waals surface area contributed by atoms with Crippen LogP contribution in [-0.2, 0) is 4.79 Å². The number of aromatic nitrogens is 3. The van der Waals surface area contributed by atoms with Crippen molar-refractivity contribution in [1.29, 1.82) is 0 Å². The molecule has 5 nitrogen and oxygen atoms in total. The van der Waals surface area contributed by atoms with Crippen molar-refractivity contribution < 1.29 is 4.79 Å². The van der Waals surface area contributed by atoms with Gasteiger partial charge in [0.1, 0.15) is 0 Å². The molecule has 0 radical (unpaired) electrons. The quantitative estimate of drug-likeness (QED) is 0.825. The highest BCUT2D eigenvalue weighted by Crippen LogP contribution is 2.42. The van der Waals surface area contributed by atoms with E-state index >= 15 is 0 Å². The molecule has 0 bridgehead atoms. The fraction of sp³-hybridized carbons (Fsp3) is 0.533. The summed E-state index contributed by atoms with van der Waals surface area (Å²) in [7, 11) is 0. The van der Waals surface area contributed by atoms with Crippen LogP contribution in [0.3, 0.4) is 0 Å². The van der Waals surface area contributed by atoms with Crippen LogP contribution in [0.25, 0.3) is 10.7 Å². The van der Waals surface area contributed by atoms with Crippen LogP contribution in [0, 0.1) is 0 Å². The topological polar surface area (TPSA) is 59.8 Å². The Kier molecular flexibility index (Phi) is 3.69. The lowest BCUT2D eigenvalue weighted by atomic mass is 10.4. The van der Waals surface area contributed by atoms with Gasteiger partial charge in [-0.25, -0.2) is 0 Å². The first kappa shape index (κ1) is 14.3. The summed E-state index contributed by atoms with van der Waals surface area (Å²) in [6.07, 6.45) is 4.58. The Bertz CT molecular complexity index is 674. The van der Waals surface area contributed by atoms with Gasteiger partial charge in [-0.15, -0.1) is 21.5 Å². The van der Waals surface area contributed by atoms with Gasteiger partial charge in [-0.3, -0.25) is 9.36 Å². The number of hydrogen-bond donors (Lipinski definition) is 1. The van der Waals surface area contributed by atoms with Gasteiger partial charge in [0, 0.05) is 12.1 Å². The van der Waals surface area contributed by atoms with Crippen LogP contribution in [0.1, 0.15) is 38.6 Å². The van der Waals surface area contributed by atoms with E-state index in [9.17, 15) is 4.79 Å². The van der Waals surface area contributed by atoms with E-state index in [1.165, 1.54) is 24.6 Å². The van der Waals surface area contributed by atoms with Gasteiger partial charge >= 0.3 is 0 Å². The number of rotatable bonds is 6. The highest BCUT2D eigenvalue weighted by atomic mass is 32.2. The summed E-state index contributed by atoms with van der Waals surface area (Å²) in [6.45, 7) is 1.94. The molecular formula is C15H18N4OS2. The van der Waals surface area contributed by atoms with Gasteiger partial charge in [-0.2, -0.15) is 0 Å². The first-order valence-electron chi connectivity index (χ1n) is 7.68. The molecule has 2 aromatic rings. The van der Waals surface area contributed by atoms with Gasteiger partial charge in [0.25, 0.3) is 0 Å². The summed E-state index contributed by atoms with van der Waals surface area (Å²) in [4.78, 5) is 13.3. The molecule has 0 aliphatic heterocycles. The lowest BCUT2D eigenvalue weighted by Gasteiger charge is -2.12. The van der Waals surface area contributed by atoms with Crippen molar-refractivity contribution in [1.82, 2.24) is 20.1 Å². The molecule has 7 heteroatoms. The van der Waals surface area contributed by atoms with Crippen molar-refractivity contribution >= 4 is 29.0 Å². The SMILES string of the molecule is C[C@H](Sc1nnc(-c2cccs2)n1C1CC1)C(=O)NC1CC1. The number of amides is 1. The van der Waals surface area contributed by atoms with Crippen molar-refractivity contribution in [3.8, 4) is 10.7 Å². The molecule has 1 N–H and O–H groups in total. The predicted molar refractivity (Wildman–Crippen MR) is 88.1 cm³/mol. The molecule has 0 spiro atoms. The second-order valence-corrected chi connectivity index (χ2v) is 8.18. The molecular weight excluding hydrogens is 316 g/mol. The van der Waals surface area contributed by atoms with Crippen molar-refractivity contribution in [2.75, 3.05) is 0 Å². The molecule has 4 rings (SSSR count). The Balaban J connectivity index is 1.55. The zero-order valence-electron chi connectivity index (χ0n) is 12.4. The van der Waals surface area contributed by atoms with Crippen LogP contribution in [0.2, 0.25) is 0 Å². The minimum absolute atomic E-state index is 0.107. The van der Waals surface area contributed by atoms with E-state index in [1.54, 1.807) is 11.3 Å².